The Labute approximate surface area is 112 Å². The number of hydrogen-bond donors (Lipinski definition) is 0. The highest BCUT2D eigenvalue weighted by Crippen LogP contribution is 2.40. The Kier molecular flexibility index (Phi) is 4.08. The van der Waals surface area contributed by atoms with Crippen LogP contribution in [0, 0.1) is 5.41 Å². The van der Waals surface area contributed by atoms with Gasteiger partial charge in [0.2, 0.25) is 0 Å². The lowest BCUT2D eigenvalue weighted by atomic mass is 9.75. The fourth-order valence-electron chi connectivity index (χ4n) is 2.12. The first-order valence-electron chi connectivity index (χ1n) is 5.19. The van der Waals surface area contributed by atoms with Crippen molar-refractivity contribution in [3.8, 4) is 0 Å². The first kappa shape index (κ1) is 11.9. The van der Waals surface area contributed by atoms with Crippen molar-refractivity contribution < 1.29 is 0 Å². The van der Waals surface area contributed by atoms with E-state index < -0.39 is 0 Å². The Balaban J connectivity index is 2.14. The van der Waals surface area contributed by atoms with E-state index in [-0.39, 0.29) is 0 Å². The molecule has 1 aromatic heterocycles. The maximum Gasteiger partial charge on any atom is 0.0730 e. The number of alkyl halides is 1. The summed E-state index contributed by atoms with van der Waals surface area (Å²) < 4.78 is 1.30. The molecule has 1 heterocycles. The normalized spacial score (nSPS) is 25.7. The van der Waals surface area contributed by atoms with Crippen LogP contribution in [0.3, 0.4) is 0 Å². The average Bonchev–Trinajstić information content (AvgIpc) is 2.66. The summed E-state index contributed by atoms with van der Waals surface area (Å²) in [6.07, 6.45) is 9.58. The van der Waals surface area contributed by atoms with Gasteiger partial charge in [-0.05, 0) is 64.0 Å². The van der Waals surface area contributed by atoms with Crippen molar-refractivity contribution in [1.82, 2.24) is 0 Å². The molecule has 1 aliphatic carbocycles. The third-order valence-corrected chi connectivity index (χ3v) is 6.10. The summed E-state index contributed by atoms with van der Waals surface area (Å²) in [6.45, 7) is 0. The van der Waals surface area contributed by atoms with Gasteiger partial charge in [-0.2, -0.15) is 0 Å². The molecular weight excluding hydrogens is 336 g/mol. The fourth-order valence-corrected chi connectivity index (χ4v) is 4.07. The molecule has 0 saturated carbocycles. The maximum atomic E-state index is 3.69. The zero-order valence-corrected chi connectivity index (χ0v) is 12.5. The Morgan fingerprint density at radius 3 is 2.80 bits per heavy atom. The molecule has 0 fully saturated rings. The fraction of sp³-hybridized carbons (Fsp3) is 0.500. The molecule has 82 valence electrons. The van der Waals surface area contributed by atoms with Crippen LogP contribution in [0.1, 0.15) is 24.8 Å². The van der Waals surface area contributed by atoms with E-state index in [0.29, 0.717) is 5.41 Å². The Morgan fingerprint density at radius 2 is 2.27 bits per heavy atom. The highest BCUT2D eigenvalue weighted by atomic mass is 79.9. The van der Waals surface area contributed by atoms with Gasteiger partial charge in [-0.15, -0.1) is 11.3 Å². The first-order valence-corrected chi connectivity index (χ1v) is 7.98. The van der Waals surface area contributed by atoms with Crippen LogP contribution in [0.4, 0.5) is 0 Å². The van der Waals surface area contributed by atoms with Gasteiger partial charge in [0.25, 0.3) is 0 Å². The van der Waals surface area contributed by atoms with Gasteiger partial charge >= 0.3 is 0 Å². The molecule has 1 aromatic rings. The van der Waals surface area contributed by atoms with Crippen molar-refractivity contribution in [2.24, 2.45) is 5.41 Å². The van der Waals surface area contributed by atoms with Crippen LogP contribution in [0.2, 0.25) is 0 Å². The molecule has 0 aliphatic heterocycles. The van der Waals surface area contributed by atoms with Crippen LogP contribution in [-0.2, 0) is 6.42 Å². The van der Waals surface area contributed by atoms with E-state index in [2.05, 4.69) is 55.5 Å². The van der Waals surface area contributed by atoms with E-state index in [0.717, 1.165) is 5.33 Å². The van der Waals surface area contributed by atoms with Gasteiger partial charge in [0.05, 0.1) is 3.79 Å². The second-order valence-electron chi connectivity index (χ2n) is 4.24. The largest absolute Gasteiger partial charge is 0.137 e. The number of halogens is 2. The van der Waals surface area contributed by atoms with Crippen molar-refractivity contribution in [3.05, 3.63) is 32.9 Å². The molecule has 0 N–H and O–H groups in total. The third kappa shape index (κ3) is 2.75. The van der Waals surface area contributed by atoms with E-state index in [9.17, 15) is 0 Å². The molecular formula is C12H14Br2S. The molecule has 15 heavy (non-hydrogen) atoms. The predicted molar refractivity (Wildman–Crippen MR) is 74.9 cm³/mol. The summed E-state index contributed by atoms with van der Waals surface area (Å²) in [4.78, 5) is 0. The highest BCUT2D eigenvalue weighted by Gasteiger charge is 2.29. The molecule has 1 aliphatic rings. The second kappa shape index (κ2) is 5.15. The number of rotatable bonds is 3. The zero-order valence-electron chi connectivity index (χ0n) is 8.51. The first-order chi connectivity index (χ1) is 7.26. The quantitative estimate of drug-likeness (QED) is 0.521. The minimum absolute atomic E-state index is 0.443. The van der Waals surface area contributed by atoms with E-state index in [1.54, 1.807) is 11.3 Å². The summed E-state index contributed by atoms with van der Waals surface area (Å²) in [7, 11) is 0. The SMILES string of the molecule is BrCC1(Cc2ccsc2Br)CC=CCC1. The summed E-state index contributed by atoms with van der Waals surface area (Å²) in [5.74, 6) is 0. The van der Waals surface area contributed by atoms with E-state index >= 15 is 0 Å². The number of thiophene rings is 1. The average molecular weight is 350 g/mol. The van der Waals surface area contributed by atoms with Gasteiger partial charge in [0.15, 0.2) is 0 Å². The molecule has 0 nitrogen and oxygen atoms in total. The predicted octanol–water partition coefficient (Wildman–Crippen LogP) is 5.17. The molecule has 0 radical (unpaired) electrons. The van der Waals surface area contributed by atoms with Crippen molar-refractivity contribution in [2.75, 3.05) is 5.33 Å². The molecule has 1 unspecified atom stereocenters. The Hall–Kier alpha value is 0.400. The molecule has 0 aromatic carbocycles. The lowest BCUT2D eigenvalue weighted by Crippen LogP contribution is -2.26. The van der Waals surface area contributed by atoms with Gasteiger partial charge in [0.1, 0.15) is 0 Å². The Bertz CT molecular complexity index is 356. The molecule has 1 atom stereocenters. The lowest BCUT2D eigenvalue weighted by molar-refractivity contribution is 0.301. The van der Waals surface area contributed by atoms with Crippen molar-refractivity contribution in [1.29, 1.82) is 0 Å². The molecule has 3 heteroatoms. The van der Waals surface area contributed by atoms with Gasteiger partial charge < -0.3 is 0 Å². The van der Waals surface area contributed by atoms with Gasteiger partial charge in [-0.1, -0.05) is 28.1 Å². The van der Waals surface area contributed by atoms with Gasteiger partial charge in [0, 0.05) is 5.33 Å². The van der Waals surface area contributed by atoms with Crippen molar-refractivity contribution in [2.45, 2.75) is 25.7 Å². The van der Waals surface area contributed by atoms with Crippen LogP contribution in [0.25, 0.3) is 0 Å². The van der Waals surface area contributed by atoms with Crippen LogP contribution >= 0.6 is 43.2 Å². The molecule has 0 spiro atoms. The Morgan fingerprint density at radius 1 is 1.40 bits per heavy atom. The number of allylic oxidation sites excluding steroid dienone is 2. The number of hydrogen-bond acceptors (Lipinski definition) is 1. The van der Waals surface area contributed by atoms with E-state index in [1.165, 1.54) is 35.0 Å². The highest BCUT2D eigenvalue weighted by molar-refractivity contribution is 9.11. The minimum Gasteiger partial charge on any atom is -0.137 e. The van der Waals surface area contributed by atoms with Crippen LogP contribution in [0.5, 0.6) is 0 Å². The van der Waals surface area contributed by atoms with E-state index in [4.69, 9.17) is 0 Å². The van der Waals surface area contributed by atoms with Crippen LogP contribution in [-0.4, -0.2) is 5.33 Å². The van der Waals surface area contributed by atoms with Crippen LogP contribution in [0.15, 0.2) is 27.4 Å². The van der Waals surface area contributed by atoms with Crippen molar-refractivity contribution >= 4 is 43.2 Å². The topological polar surface area (TPSA) is 0 Å². The van der Waals surface area contributed by atoms with Crippen molar-refractivity contribution in [3.63, 3.8) is 0 Å². The maximum absolute atomic E-state index is 3.69. The monoisotopic (exact) mass is 348 g/mol. The smallest absolute Gasteiger partial charge is 0.0730 e. The van der Waals surface area contributed by atoms with Gasteiger partial charge in [-0.25, -0.2) is 0 Å². The lowest BCUT2D eigenvalue weighted by Gasteiger charge is -2.33. The third-order valence-electron chi connectivity index (χ3n) is 3.10. The summed E-state index contributed by atoms with van der Waals surface area (Å²) in [5.41, 5.74) is 1.91. The van der Waals surface area contributed by atoms with E-state index in [1.807, 2.05) is 0 Å². The zero-order chi connectivity index (χ0) is 10.7. The van der Waals surface area contributed by atoms with Gasteiger partial charge in [-0.3, -0.25) is 0 Å². The molecule has 0 bridgehead atoms. The standard InChI is InChI=1S/C12H14Br2S/c13-9-12(5-2-1-3-6-12)8-10-4-7-15-11(10)14/h1-2,4,7H,3,5-6,8-9H2. The molecule has 0 amide bonds. The molecule has 2 rings (SSSR count). The summed E-state index contributed by atoms with van der Waals surface area (Å²) >= 11 is 9.11. The summed E-state index contributed by atoms with van der Waals surface area (Å²) in [6, 6.07) is 2.25. The summed E-state index contributed by atoms with van der Waals surface area (Å²) in [5, 5.41) is 3.27. The minimum atomic E-state index is 0.443. The molecule has 0 saturated heterocycles. The second-order valence-corrected chi connectivity index (χ2v) is 7.04. The van der Waals surface area contributed by atoms with Crippen LogP contribution < -0.4 is 0 Å².